The summed E-state index contributed by atoms with van der Waals surface area (Å²) in [6, 6.07) is 21.8. The lowest BCUT2D eigenvalue weighted by molar-refractivity contribution is 0.102. The molecule has 3 aromatic carbocycles. The van der Waals surface area contributed by atoms with Gasteiger partial charge in [0.1, 0.15) is 5.75 Å². The molecule has 0 bridgehead atoms. The largest absolute Gasteiger partial charge is 0.495 e. The van der Waals surface area contributed by atoms with Crippen molar-refractivity contribution in [2.75, 3.05) is 17.1 Å². The third-order valence-corrected chi connectivity index (χ3v) is 6.55. The maximum atomic E-state index is 12.9. The molecule has 1 amide bonds. The minimum atomic E-state index is -3.87. The Kier molecular flexibility index (Phi) is 6.38. The highest BCUT2D eigenvalue weighted by Crippen LogP contribution is 2.26. The summed E-state index contributed by atoms with van der Waals surface area (Å²) >= 11 is 0. The topological polar surface area (TPSA) is 102 Å². The van der Waals surface area contributed by atoms with Gasteiger partial charge >= 0.3 is 0 Å². The second-order valence-electron chi connectivity index (χ2n) is 7.64. The second kappa shape index (κ2) is 9.40. The van der Waals surface area contributed by atoms with Crippen LogP contribution >= 0.6 is 0 Å². The van der Waals surface area contributed by atoms with Crippen molar-refractivity contribution in [3.05, 3.63) is 95.8 Å². The normalized spacial score (nSPS) is 11.1. The number of anilines is 2. The van der Waals surface area contributed by atoms with Crippen LogP contribution in [0.15, 0.2) is 83.8 Å². The Bertz CT molecular complexity index is 1440. The van der Waals surface area contributed by atoms with Crippen molar-refractivity contribution in [2.24, 2.45) is 0 Å². The predicted molar refractivity (Wildman–Crippen MR) is 131 cm³/mol. The fourth-order valence-corrected chi connectivity index (χ4v) is 4.62. The van der Waals surface area contributed by atoms with Crippen LogP contribution < -0.4 is 14.8 Å². The van der Waals surface area contributed by atoms with Crippen molar-refractivity contribution in [3.8, 4) is 11.4 Å². The Morgan fingerprint density at radius 3 is 2.21 bits per heavy atom. The highest BCUT2D eigenvalue weighted by atomic mass is 32.2. The van der Waals surface area contributed by atoms with E-state index >= 15 is 0 Å². The first kappa shape index (κ1) is 23.1. The van der Waals surface area contributed by atoms with Crippen LogP contribution in [0.3, 0.4) is 0 Å². The van der Waals surface area contributed by atoms with Gasteiger partial charge in [-0.15, -0.1) is 0 Å². The third-order valence-electron chi connectivity index (χ3n) is 5.17. The molecule has 0 spiro atoms. The van der Waals surface area contributed by atoms with Crippen molar-refractivity contribution in [1.82, 2.24) is 9.78 Å². The van der Waals surface area contributed by atoms with E-state index in [9.17, 15) is 13.2 Å². The van der Waals surface area contributed by atoms with Crippen molar-refractivity contribution in [1.29, 1.82) is 0 Å². The number of nitrogens with one attached hydrogen (secondary N) is 2. The number of aromatic nitrogens is 2. The SMILES string of the molecule is COc1ccccc1NS(=O)(=O)c1ccc(C(=O)Nc2ccccc2-n2nc(C)cc2C)cc1. The number of nitrogens with zero attached hydrogens (tertiary/aromatic N) is 2. The highest BCUT2D eigenvalue weighted by molar-refractivity contribution is 7.92. The van der Waals surface area contributed by atoms with Crippen molar-refractivity contribution >= 4 is 27.3 Å². The maximum absolute atomic E-state index is 12.9. The van der Waals surface area contributed by atoms with Crippen LogP contribution in [0.4, 0.5) is 11.4 Å². The van der Waals surface area contributed by atoms with Gasteiger partial charge < -0.3 is 10.1 Å². The number of rotatable bonds is 7. The van der Waals surface area contributed by atoms with Gasteiger partial charge in [0.15, 0.2) is 0 Å². The summed E-state index contributed by atoms with van der Waals surface area (Å²) in [5.41, 5.74) is 3.79. The van der Waals surface area contributed by atoms with Crippen LogP contribution in [0.1, 0.15) is 21.7 Å². The van der Waals surface area contributed by atoms with Crippen molar-refractivity contribution < 1.29 is 17.9 Å². The number of hydrogen-bond acceptors (Lipinski definition) is 5. The van der Waals surface area contributed by atoms with E-state index in [-0.39, 0.29) is 10.8 Å². The standard InChI is InChI=1S/C25H24N4O4S/c1-17-16-18(2)29(27-17)23-10-6-4-8-21(23)26-25(30)19-12-14-20(15-13-19)34(31,32)28-22-9-5-7-11-24(22)33-3/h4-16,28H,1-3H3,(H,26,30). The van der Waals surface area contributed by atoms with Gasteiger partial charge in [-0.1, -0.05) is 24.3 Å². The van der Waals surface area contributed by atoms with Crippen LogP contribution in [-0.2, 0) is 10.0 Å². The molecule has 1 heterocycles. The van der Waals surface area contributed by atoms with E-state index in [1.165, 1.54) is 31.4 Å². The molecule has 9 heteroatoms. The van der Waals surface area contributed by atoms with Crippen molar-refractivity contribution in [2.45, 2.75) is 18.7 Å². The van der Waals surface area contributed by atoms with Gasteiger partial charge in [-0.3, -0.25) is 9.52 Å². The lowest BCUT2D eigenvalue weighted by Gasteiger charge is -2.13. The van der Waals surface area contributed by atoms with Gasteiger partial charge in [0.25, 0.3) is 15.9 Å². The molecule has 0 radical (unpaired) electrons. The first-order chi connectivity index (χ1) is 16.3. The Balaban J connectivity index is 1.54. The molecular weight excluding hydrogens is 452 g/mol. The molecule has 0 aliphatic heterocycles. The number of benzene rings is 3. The van der Waals surface area contributed by atoms with E-state index in [1.807, 2.05) is 38.1 Å². The summed E-state index contributed by atoms with van der Waals surface area (Å²) in [5.74, 6) is 0.0407. The van der Waals surface area contributed by atoms with Crippen LogP contribution in [0.25, 0.3) is 5.69 Å². The van der Waals surface area contributed by atoms with E-state index in [4.69, 9.17) is 4.74 Å². The molecule has 2 N–H and O–H groups in total. The van der Waals surface area contributed by atoms with Crippen LogP contribution in [0, 0.1) is 13.8 Å². The summed E-state index contributed by atoms with van der Waals surface area (Å²) in [6.45, 7) is 3.85. The smallest absolute Gasteiger partial charge is 0.262 e. The van der Waals surface area contributed by atoms with E-state index in [0.29, 0.717) is 22.7 Å². The molecule has 0 fully saturated rings. The molecule has 174 valence electrons. The molecule has 1 aromatic heterocycles. The van der Waals surface area contributed by atoms with Gasteiger partial charge in [0.05, 0.1) is 34.8 Å². The summed E-state index contributed by atoms with van der Waals surface area (Å²) in [6.07, 6.45) is 0. The Hall–Kier alpha value is -4.11. The number of aryl methyl sites for hydroxylation is 2. The van der Waals surface area contributed by atoms with Crippen LogP contribution in [0.2, 0.25) is 0 Å². The molecule has 0 unspecified atom stereocenters. The number of ether oxygens (including phenoxy) is 1. The molecule has 0 saturated carbocycles. The molecule has 4 rings (SSSR count). The zero-order chi connectivity index (χ0) is 24.3. The number of carbonyl (C=O) groups excluding carboxylic acids is 1. The number of methoxy groups -OCH3 is 1. The van der Waals surface area contributed by atoms with Crippen LogP contribution in [0.5, 0.6) is 5.75 Å². The zero-order valence-electron chi connectivity index (χ0n) is 18.9. The van der Waals surface area contributed by atoms with Gasteiger partial charge in [-0.05, 0) is 68.4 Å². The van der Waals surface area contributed by atoms with Gasteiger partial charge in [-0.2, -0.15) is 5.10 Å². The lowest BCUT2D eigenvalue weighted by atomic mass is 10.2. The molecule has 8 nitrogen and oxygen atoms in total. The van der Waals surface area contributed by atoms with E-state index in [1.54, 1.807) is 35.0 Å². The molecule has 4 aromatic rings. The number of amides is 1. The summed E-state index contributed by atoms with van der Waals surface area (Å²) in [5, 5.41) is 7.38. The lowest BCUT2D eigenvalue weighted by Crippen LogP contribution is -2.16. The molecular formula is C25H24N4O4S. The molecule has 0 aliphatic rings. The zero-order valence-corrected chi connectivity index (χ0v) is 19.8. The van der Waals surface area contributed by atoms with Gasteiger partial charge in [-0.25, -0.2) is 13.1 Å². The summed E-state index contributed by atoms with van der Waals surface area (Å²) in [7, 11) is -2.40. The second-order valence-corrected chi connectivity index (χ2v) is 9.32. The molecule has 0 saturated heterocycles. The minimum Gasteiger partial charge on any atom is -0.495 e. The van der Waals surface area contributed by atoms with E-state index < -0.39 is 10.0 Å². The average molecular weight is 477 g/mol. The number of sulfonamides is 1. The average Bonchev–Trinajstić information content (AvgIpc) is 3.17. The number of carbonyl (C=O) groups is 1. The van der Waals surface area contributed by atoms with E-state index in [2.05, 4.69) is 15.1 Å². The maximum Gasteiger partial charge on any atom is 0.262 e. The highest BCUT2D eigenvalue weighted by Gasteiger charge is 2.18. The first-order valence-corrected chi connectivity index (χ1v) is 12.0. The minimum absolute atomic E-state index is 0.0259. The molecule has 0 aliphatic carbocycles. The summed E-state index contributed by atoms with van der Waals surface area (Å²) in [4.78, 5) is 12.9. The van der Waals surface area contributed by atoms with Gasteiger partial charge in [0, 0.05) is 11.3 Å². The molecule has 34 heavy (non-hydrogen) atoms. The van der Waals surface area contributed by atoms with E-state index in [0.717, 1.165) is 17.1 Å². The number of hydrogen-bond donors (Lipinski definition) is 2. The fourth-order valence-electron chi connectivity index (χ4n) is 3.55. The third kappa shape index (κ3) is 4.79. The Labute approximate surface area is 198 Å². The monoisotopic (exact) mass is 476 g/mol. The van der Waals surface area contributed by atoms with Crippen LogP contribution in [-0.4, -0.2) is 31.2 Å². The Morgan fingerprint density at radius 1 is 0.912 bits per heavy atom. The quantitative estimate of drug-likeness (QED) is 0.407. The predicted octanol–water partition coefficient (Wildman–Crippen LogP) is 4.55. The summed E-state index contributed by atoms with van der Waals surface area (Å²) < 4.78 is 35.1. The first-order valence-electron chi connectivity index (χ1n) is 10.5. The Morgan fingerprint density at radius 2 is 1.56 bits per heavy atom. The van der Waals surface area contributed by atoms with Crippen molar-refractivity contribution in [3.63, 3.8) is 0 Å². The molecule has 0 atom stereocenters. The fraction of sp³-hybridized carbons (Fsp3) is 0.120. The van der Waals surface area contributed by atoms with Gasteiger partial charge in [0.2, 0.25) is 0 Å². The number of para-hydroxylation sites is 4.